The molecule has 3 nitrogen and oxygen atoms in total. The highest BCUT2D eigenvalue weighted by Gasteiger charge is 2.02. The number of benzene rings is 1. The van der Waals surface area contributed by atoms with Gasteiger partial charge in [-0.2, -0.15) is 0 Å². The van der Waals surface area contributed by atoms with Crippen molar-refractivity contribution in [3.63, 3.8) is 0 Å². The molecule has 0 fully saturated rings. The van der Waals surface area contributed by atoms with Gasteiger partial charge in [-0.05, 0) is 37.1 Å². The first-order chi connectivity index (χ1) is 8.37. The molecule has 0 saturated heterocycles. The molecule has 1 aromatic carbocycles. The van der Waals surface area contributed by atoms with Crippen molar-refractivity contribution < 1.29 is 16.7 Å². The molecule has 0 aromatic heterocycles. The fourth-order valence-corrected chi connectivity index (χ4v) is 1.13. The highest BCUT2D eigenvalue weighted by atomic mass is 35.5. The van der Waals surface area contributed by atoms with Crippen LogP contribution in [0.25, 0.3) is 0 Å². The van der Waals surface area contributed by atoms with Gasteiger partial charge in [-0.15, -0.1) is 12.4 Å². The van der Waals surface area contributed by atoms with Crippen molar-refractivity contribution in [3.05, 3.63) is 29.3 Å². The Hall–Kier alpha value is -0.770. The van der Waals surface area contributed by atoms with Crippen molar-refractivity contribution >= 4 is 12.4 Å². The van der Waals surface area contributed by atoms with E-state index in [0.717, 1.165) is 11.1 Å². The Morgan fingerprint density at radius 3 is 2.47 bits per heavy atom. The molecule has 0 aliphatic heterocycles. The number of halogens is 1. The van der Waals surface area contributed by atoms with E-state index in [-0.39, 0.29) is 18.2 Å². The molecule has 0 spiro atoms. The first kappa shape index (κ1) is 7.49. The zero-order valence-corrected chi connectivity index (χ0v) is 9.39. The summed E-state index contributed by atoms with van der Waals surface area (Å²) in [5, 5.41) is 9.65. The van der Waals surface area contributed by atoms with Crippen molar-refractivity contribution in [2.75, 3.05) is 13.1 Å². The standard InChI is InChI=1S/C11H17NO2.ClH/c1-8-3-9(2)5-11(4-8)14-7-10(13)6-12;/h3-5,10,13H,6-7,12H2,1-2H3;1H/i6D2,7D2,10D;. The summed E-state index contributed by atoms with van der Waals surface area (Å²) in [5.41, 5.74) is 6.62. The number of nitrogens with two attached hydrogens (primary N) is 1. The summed E-state index contributed by atoms with van der Waals surface area (Å²) in [6, 6.07) is 4.89. The van der Waals surface area contributed by atoms with E-state index in [0.29, 0.717) is 0 Å². The summed E-state index contributed by atoms with van der Waals surface area (Å²) in [6.07, 6.45) is -3.25. The van der Waals surface area contributed by atoms with Gasteiger partial charge in [-0.1, -0.05) is 6.07 Å². The van der Waals surface area contributed by atoms with Crippen LogP contribution in [0.15, 0.2) is 18.2 Å². The van der Waals surface area contributed by atoms with Crippen LogP contribution in [0, 0.1) is 13.8 Å². The van der Waals surface area contributed by atoms with E-state index in [2.05, 4.69) is 0 Å². The highest BCUT2D eigenvalue weighted by molar-refractivity contribution is 5.85. The molecule has 1 unspecified atom stereocenters. The predicted molar refractivity (Wildman–Crippen MR) is 63.7 cm³/mol. The second-order valence-electron chi connectivity index (χ2n) is 3.02. The van der Waals surface area contributed by atoms with Gasteiger partial charge in [0.2, 0.25) is 0 Å². The maximum atomic E-state index is 9.65. The van der Waals surface area contributed by atoms with Crippen LogP contribution in [-0.2, 0) is 0 Å². The van der Waals surface area contributed by atoms with Crippen LogP contribution >= 0.6 is 12.4 Å². The van der Waals surface area contributed by atoms with Gasteiger partial charge >= 0.3 is 0 Å². The van der Waals surface area contributed by atoms with Gasteiger partial charge in [0, 0.05) is 9.24 Å². The van der Waals surface area contributed by atoms with Gasteiger partial charge in [0.25, 0.3) is 0 Å². The second kappa shape index (κ2) is 6.67. The third-order valence-corrected chi connectivity index (χ3v) is 1.60. The van der Waals surface area contributed by atoms with E-state index in [4.69, 9.17) is 17.3 Å². The molecule has 86 valence electrons. The van der Waals surface area contributed by atoms with Gasteiger partial charge in [-0.25, -0.2) is 0 Å². The molecule has 0 heterocycles. The van der Waals surface area contributed by atoms with E-state index < -0.39 is 19.1 Å². The molecule has 0 aliphatic rings. The van der Waals surface area contributed by atoms with E-state index in [1.165, 1.54) is 12.1 Å². The molecule has 4 heteroatoms. The minimum absolute atomic E-state index is 0. The smallest absolute Gasteiger partial charge is 0.119 e. The Kier molecular flexibility index (Phi) is 3.33. The summed E-state index contributed by atoms with van der Waals surface area (Å²) in [5.74, 6) is 0.0948. The Bertz CT molecular complexity index is 456. The molecular weight excluding hydrogens is 214 g/mol. The van der Waals surface area contributed by atoms with Crippen LogP contribution in [0.5, 0.6) is 5.75 Å². The summed E-state index contributed by atoms with van der Waals surface area (Å²) < 4.78 is 41.7. The number of hydrogen-bond acceptors (Lipinski definition) is 3. The van der Waals surface area contributed by atoms with Crippen molar-refractivity contribution in [2.45, 2.75) is 19.9 Å². The third-order valence-electron chi connectivity index (χ3n) is 1.60. The highest BCUT2D eigenvalue weighted by Crippen LogP contribution is 2.16. The topological polar surface area (TPSA) is 55.5 Å². The normalized spacial score (nSPS) is 20.7. The van der Waals surface area contributed by atoms with E-state index in [1.54, 1.807) is 13.8 Å². The van der Waals surface area contributed by atoms with Crippen molar-refractivity contribution in [1.29, 1.82) is 0 Å². The number of aliphatic hydroxyl groups is 1. The summed E-state index contributed by atoms with van der Waals surface area (Å²) in [4.78, 5) is 0. The molecule has 1 aromatic rings. The lowest BCUT2D eigenvalue weighted by Gasteiger charge is -2.11. The van der Waals surface area contributed by atoms with Gasteiger partial charge in [0.1, 0.15) is 18.4 Å². The van der Waals surface area contributed by atoms with Crippen LogP contribution in [0.3, 0.4) is 0 Å². The number of aryl methyl sites for hydroxylation is 2. The third kappa shape index (κ3) is 5.02. The van der Waals surface area contributed by atoms with Crippen LogP contribution in [0.1, 0.15) is 18.0 Å². The SMILES string of the molecule is Cl.[2H]C([2H])(N)C([2H])(O)C([2H])([2H])Oc1cc(C)cc(C)c1. The van der Waals surface area contributed by atoms with Crippen LogP contribution in [-0.4, -0.2) is 24.2 Å². The van der Waals surface area contributed by atoms with Gasteiger partial charge in [0.05, 0.1) is 4.11 Å². The molecule has 0 radical (unpaired) electrons. The maximum Gasteiger partial charge on any atom is 0.119 e. The predicted octanol–water partition coefficient (Wildman–Crippen LogP) is 1.42. The molecule has 1 rings (SSSR count). The largest absolute Gasteiger partial charge is 0.491 e. The Morgan fingerprint density at radius 2 is 2.00 bits per heavy atom. The summed E-state index contributed by atoms with van der Waals surface area (Å²) >= 11 is 0. The zero-order chi connectivity index (χ0) is 15.1. The first-order valence-electron chi connectivity index (χ1n) is 6.65. The van der Waals surface area contributed by atoms with Crippen molar-refractivity contribution in [3.8, 4) is 5.75 Å². The molecule has 15 heavy (non-hydrogen) atoms. The monoisotopic (exact) mass is 236 g/mol. The van der Waals surface area contributed by atoms with Crippen LogP contribution < -0.4 is 10.5 Å². The minimum Gasteiger partial charge on any atom is -0.491 e. The fourth-order valence-electron chi connectivity index (χ4n) is 1.13. The van der Waals surface area contributed by atoms with E-state index in [9.17, 15) is 5.11 Å². The number of hydrogen-bond donors (Lipinski definition) is 2. The van der Waals surface area contributed by atoms with Crippen molar-refractivity contribution in [2.24, 2.45) is 5.73 Å². The molecule has 1 atom stereocenters. The number of ether oxygens (including phenoxy) is 1. The lowest BCUT2D eigenvalue weighted by molar-refractivity contribution is 0.114. The molecular formula is C11H18ClNO2. The lowest BCUT2D eigenvalue weighted by atomic mass is 10.1. The fraction of sp³-hybridized carbons (Fsp3) is 0.455. The van der Waals surface area contributed by atoms with E-state index >= 15 is 0 Å². The molecule has 0 saturated carbocycles. The molecule has 3 N–H and O–H groups in total. The quantitative estimate of drug-likeness (QED) is 0.832. The van der Waals surface area contributed by atoms with Gasteiger partial charge in [0.15, 0.2) is 0 Å². The molecule has 0 amide bonds. The first-order valence-corrected chi connectivity index (χ1v) is 4.15. The lowest BCUT2D eigenvalue weighted by Crippen LogP contribution is -2.26. The Labute approximate surface area is 104 Å². The summed E-state index contributed by atoms with van der Waals surface area (Å²) in [6.45, 7) is -2.42. The minimum atomic E-state index is -3.25. The molecule has 0 aliphatic carbocycles. The average molecular weight is 237 g/mol. The van der Waals surface area contributed by atoms with Crippen LogP contribution in [0.2, 0.25) is 0 Å². The van der Waals surface area contributed by atoms with Crippen LogP contribution in [0.4, 0.5) is 0 Å². The van der Waals surface area contributed by atoms with Gasteiger partial charge < -0.3 is 15.6 Å². The summed E-state index contributed by atoms with van der Waals surface area (Å²) in [7, 11) is 0. The Morgan fingerprint density at radius 1 is 1.47 bits per heavy atom. The zero-order valence-electron chi connectivity index (χ0n) is 13.6. The van der Waals surface area contributed by atoms with E-state index in [1.807, 2.05) is 6.07 Å². The maximum absolute atomic E-state index is 9.65. The second-order valence-corrected chi connectivity index (χ2v) is 3.02. The Balaban J connectivity index is 0.00000361. The molecule has 0 bridgehead atoms. The number of rotatable bonds is 4. The average Bonchev–Trinajstić information content (AvgIpc) is 2.12. The van der Waals surface area contributed by atoms with Gasteiger partial charge in [-0.3, -0.25) is 0 Å². The van der Waals surface area contributed by atoms with Crippen molar-refractivity contribution in [1.82, 2.24) is 0 Å².